The molecule has 0 N–H and O–H groups in total. The van der Waals surface area contributed by atoms with Gasteiger partial charge in [-0.05, 0) is 194 Å². The molecular weight excluding hydrogens is 1250 g/mol. The summed E-state index contributed by atoms with van der Waals surface area (Å²) < 4.78 is 92.5. The van der Waals surface area contributed by atoms with E-state index in [4.69, 9.17) is 0 Å². The van der Waals surface area contributed by atoms with Crippen molar-refractivity contribution >= 4 is 0 Å². The monoisotopic (exact) mass is 1450 g/mol. The van der Waals surface area contributed by atoms with Gasteiger partial charge in [-0.3, -0.25) is 0 Å². The summed E-state index contributed by atoms with van der Waals surface area (Å²) in [6, 6.07) is 0. The molecule has 3 saturated carbocycles. The molecule has 3 aliphatic rings. The maximum Gasteiger partial charge on any atom is 0.394 e. The molecule has 0 bridgehead atoms. The minimum Gasteiger partial charge on any atom is -0.244 e. The summed E-state index contributed by atoms with van der Waals surface area (Å²) in [6.07, 6.45) is 17.3. The quantitative estimate of drug-likeness (QED) is 0.152. The summed E-state index contributed by atoms with van der Waals surface area (Å²) in [4.78, 5) is 0. The van der Waals surface area contributed by atoms with Crippen molar-refractivity contribution in [3.05, 3.63) is 0 Å². The Morgan fingerprint density at radius 1 is 0.330 bits per heavy atom. The van der Waals surface area contributed by atoms with Crippen LogP contribution in [0.3, 0.4) is 0 Å². The van der Waals surface area contributed by atoms with Gasteiger partial charge in [0.25, 0.3) is 0 Å². The molecule has 0 atom stereocenters. The third-order valence-electron chi connectivity index (χ3n) is 22.7. The third kappa shape index (κ3) is 61.5. The zero-order chi connectivity index (χ0) is 82.5. The van der Waals surface area contributed by atoms with Crippen LogP contribution in [0.2, 0.25) is 0 Å². The van der Waals surface area contributed by atoms with Crippen LogP contribution in [0.5, 0.6) is 0 Å². The highest BCUT2D eigenvalue weighted by Gasteiger charge is 2.54. The van der Waals surface area contributed by atoms with E-state index in [1.807, 2.05) is 34.6 Å². The topological polar surface area (TPSA) is 0 Å². The summed E-state index contributed by atoms with van der Waals surface area (Å²) in [7, 11) is 0. The summed E-state index contributed by atoms with van der Waals surface area (Å²) in [5, 5.41) is 0. The van der Waals surface area contributed by atoms with Crippen LogP contribution in [-0.2, 0) is 0 Å². The summed E-state index contributed by atoms with van der Waals surface area (Å²) >= 11 is 0. The summed E-state index contributed by atoms with van der Waals surface area (Å²) in [6.45, 7) is 102. The lowest BCUT2D eigenvalue weighted by Crippen LogP contribution is -2.47. The van der Waals surface area contributed by atoms with Crippen LogP contribution in [0.1, 0.15) is 461 Å². The largest absolute Gasteiger partial charge is 0.394 e. The van der Waals surface area contributed by atoms with Gasteiger partial charge in [-0.1, -0.05) is 375 Å². The number of hydrogen-bond donors (Lipinski definition) is 0. The van der Waals surface area contributed by atoms with Gasteiger partial charge in [0.15, 0.2) is 0 Å². The highest BCUT2D eigenvalue weighted by molar-refractivity contribution is 4.95. The SMILES string of the molecule is CC(C)(C)C.CC(C)C(C(C)C)C(C)(C)C(F)(F)F.CC(C)C(C(C)C)C(C)(F)C(C(C)C)C(C)C.CC(C)C(C)(C)C.CC1(C)CCC(C)(F)CC1.CC1(F)CCCC1.CC1(F)CCCCC1.CCC(C)(C)C.CCC(C)(CC)C(C)(C)C.CCC(CC)C(C)(C)C.CCCC(C)(C)C. The van der Waals surface area contributed by atoms with Crippen molar-refractivity contribution < 1.29 is 30.7 Å². The van der Waals surface area contributed by atoms with Crippen LogP contribution >= 0.6 is 0 Å². The first kappa shape index (κ1) is 115. The fraction of sp³-hybridized carbons (Fsp3) is 1.00. The van der Waals surface area contributed by atoms with Crippen LogP contribution in [-0.4, -0.2) is 28.9 Å². The predicted octanol–water partition coefficient (Wildman–Crippen LogP) is 35.7. The molecule has 0 unspecified atom stereocenters. The van der Waals surface area contributed by atoms with Crippen LogP contribution in [0.4, 0.5) is 30.7 Å². The van der Waals surface area contributed by atoms with Crippen LogP contribution in [0.15, 0.2) is 0 Å². The molecule has 0 nitrogen and oxygen atoms in total. The van der Waals surface area contributed by atoms with Gasteiger partial charge in [0, 0.05) is 0 Å². The molecule has 100 heavy (non-hydrogen) atoms. The van der Waals surface area contributed by atoms with E-state index in [0.29, 0.717) is 67.0 Å². The number of hydrogen-bond acceptors (Lipinski definition) is 0. The van der Waals surface area contributed by atoms with Crippen molar-refractivity contribution in [2.75, 3.05) is 0 Å². The van der Waals surface area contributed by atoms with E-state index in [1.54, 1.807) is 20.8 Å². The van der Waals surface area contributed by atoms with Crippen molar-refractivity contribution in [2.45, 2.75) is 490 Å². The van der Waals surface area contributed by atoms with Crippen LogP contribution < -0.4 is 0 Å². The van der Waals surface area contributed by atoms with E-state index in [1.165, 1.54) is 65.2 Å². The van der Waals surface area contributed by atoms with Crippen molar-refractivity contribution in [1.29, 1.82) is 0 Å². The van der Waals surface area contributed by atoms with Gasteiger partial charge in [-0.25, -0.2) is 17.6 Å². The lowest BCUT2D eigenvalue weighted by molar-refractivity contribution is -0.239. The first-order chi connectivity index (χ1) is 43.8. The van der Waals surface area contributed by atoms with Gasteiger partial charge in [0.05, 0.1) is 5.41 Å². The molecule has 0 aromatic heterocycles. The fourth-order valence-corrected chi connectivity index (χ4v) is 14.4. The zero-order valence-electron chi connectivity index (χ0n) is 78.1. The van der Waals surface area contributed by atoms with E-state index in [2.05, 4.69) is 263 Å². The molecule has 0 aromatic rings. The average molecular weight is 1450 g/mol. The number of halogens is 7. The van der Waals surface area contributed by atoms with Gasteiger partial charge in [0.2, 0.25) is 0 Å². The van der Waals surface area contributed by atoms with Crippen molar-refractivity contribution in [3.8, 4) is 0 Å². The highest BCUT2D eigenvalue weighted by Crippen LogP contribution is 2.50. The molecule has 0 saturated heterocycles. The molecule has 0 aliphatic heterocycles. The number of rotatable bonds is 14. The first-order valence-corrected chi connectivity index (χ1v) is 41.7. The predicted molar refractivity (Wildman–Crippen MR) is 446 cm³/mol. The second-order valence-corrected chi connectivity index (χ2v) is 43.7. The minimum atomic E-state index is -4.12. The second-order valence-electron chi connectivity index (χ2n) is 43.7. The van der Waals surface area contributed by atoms with Gasteiger partial charge in [-0.15, -0.1) is 0 Å². The Morgan fingerprint density at radius 2 is 0.570 bits per heavy atom. The Kier molecular flexibility index (Phi) is 58.0. The van der Waals surface area contributed by atoms with E-state index in [-0.39, 0.29) is 29.6 Å². The standard InChI is InChI=1S/C16H33F.C11H21F3.C10H22.C9H17F.C9H20.C7H13F.2C7H16.C6H11F.C6H14.C5H12/c1-10(2)14(11(3)4)16(9,17)15(12(5)6)13(7)8;1-7(2)9(8(3)4)10(5,6)11(12,13)14;1-7-10(6,8-2)9(3,4)5;1-8(2)4-6-9(3,10)7-5-8;1-6-8(7-2)9(3,4)5;1-7(8)5-3-2-4-6-7;1-6(2)7(3,4)5;1-5-6-7(2,3)4;1-6(7)4-2-3-5-6;1-5-6(2,3)4;1-5(2,3)4/h10-15H,1-9H3;7-9H,1-6H3;7-8H2,1-6H3;4-7H2,1-3H3;8H,6-7H2,1-5H3;2-6H2,1H3;6H,1-5H3;5-6H2,1-4H3;2-5H2,1H3;5H2,1-4H3;1-4H3. The summed E-state index contributed by atoms with van der Waals surface area (Å²) in [5.41, 5.74) is -1.19. The van der Waals surface area contributed by atoms with Gasteiger partial charge < -0.3 is 0 Å². The molecule has 0 aromatic carbocycles. The highest BCUT2D eigenvalue weighted by atomic mass is 19.4. The van der Waals surface area contributed by atoms with E-state index < -0.39 is 34.3 Å². The minimum absolute atomic E-state index is 0.0478. The third-order valence-corrected chi connectivity index (χ3v) is 22.7. The lowest BCUT2D eigenvalue weighted by Gasteiger charge is -2.45. The van der Waals surface area contributed by atoms with E-state index in [0.717, 1.165) is 88.9 Å². The molecule has 0 amide bonds. The molecule has 7 heteroatoms. The second kappa shape index (κ2) is 50.3. The lowest BCUT2D eigenvalue weighted by atomic mass is 9.63. The maximum atomic E-state index is 15.4. The molecule has 3 fully saturated rings. The summed E-state index contributed by atoms with van der Waals surface area (Å²) in [5.74, 6) is 3.31. The van der Waals surface area contributed by atoms with Crippen molar-refractivity contribution in [3.63, 3.8) is 0 Å². The fourth-order valence-electron chi connectivity index (χ4n) is 14.4. The van der Waals surface area contributed by atoms with Gasteiger partial charge in [0.1, 0.15) is 22.7 Å². The maximum absolute atomic E-state index is 15.4. The van der Waals surface area contributed by atoms with Gasteiger partial charge in [-0.2, -0.15) is 13.2 Å². The molecule has 0 spiro atoms. The molecule has 616 valence electrons. The molecule has 0 radical (unpaired) electrons. The van der Waals surface area contributed by atoms with E-state index in [9.17, 15) is 26.3 Å². The Labute approximate surface area is 631 Å². The molecule has 3 aliphatic carbocycles. The van der Waals surface area contributed by atoms with Gasteiger partial charge >= 0.3 is 6.18 Å². The smallest absolute Gasteiger partial charge is 0.244 e. The molecule has 0 heterocycles. The van der Waals surface area contributed by atoms with Crippen molar-refractivity contribution in [2.24, 2.45) is 114 Å². The Bertz CT molecular complexity index is 1770. The Balaban J connectivity index is -0.000000158. The van der Waals surface area contributed by atoms with Crippen LogP contribution in [0.25, 0.3) is 0 Å². The van der Waals surface area contributed by atoms with Crippen molar-refractivity contribution in [1.82, 2.24) is 0 Å². The van der Waals surface area contributed by atoms with E-state index >= 15 is 4.39 Å². The normalized spacial score (nSPS) is 17.2. The Hall–Kier alpha value is -0.490. The number of alkyl halides is 7. The zero-order valence-corrected chi connectivity index (χ0v) is 78.1. The van der Waals surface area contributed by atoms with Crippen LogP contribution in [0, 0.1) is 114 Å². The molecule has 3 rings (SSSR count). The average Bonchev–Trinajstić information content (AvgIpc) is 0.865. The Morgan fingerprint density at radius 3 is 0.660 bits per heavy atom. The molecular formula is C93H195F7. The first-order valence-electron chi connectivity index (χ1n) is 41.7.